The van der Waals surface area contributed by atoms with E-state index in [9.17, 15) is 9.18 Å². The number of thioether (sulfide) groups is 1. The number of carbonyl (C=O) groups excluding carboxylic acids is 1. The van der Waals surface area contributed by atoms with Gasteiger partial charge in [-0.3, -0.25) is 4.79 Å². The lowest BCUT2D eigenvalue weighted by Crippen LogP contribution is -2.28. The lowest BCUT2D eigenvalue weighted by molar-refractivity contribution is 0.0948. The van der Waals surface area contributed by atoms with E-state index >= 15 is 0 Å². The molecule has 0 fully saturated rings. The zero-order valence-electron chi connectivity index (χ0n) is 18.2. The van der Waals surface area contributed by atoms with Gasteiger partial charge in [0.2, 0.25) is 0 Å². The van der Waals surface area contributed by atoms with Crippen LogP contribution in [0.3, 0.4) is 0 Å². The van der Waals surface area contributed by atoms with Gasteiger partial charge in [-0.15, -0.1) is 0 Å². The minimum atomic E-state index is -0.662. The molecule has 0 radical (unpaired) electrons. The minimum Gasteiger partial charge on any atom is -0.380 e. The Morgan fingerprint density at radius 2 is 2.12 bits per heavy atom. The molecule has 2 heterocycles. The number of carbonyl (C=O) groups is 1. The van der Waals surface area contributed by atoms with E-state index in [2.05, 4.69) is 39.5 Å². The molecule has 3 rings (SSSR count). The van der Waals surface area contributed by atoms with Crippen molar-refractivity contribution in [1.82, 2.24) is 25.1 Å². The second kappa shape index (κ2) is 11.4. The van der Waals surface area contributed by atoms with Crippen LogP contribution in [-0.4, -0.2) is 57.2 Å². The van der Waals surface area contributed by atoms with E-state index in [-0.39, 0.29) is 17.1 Å². The molecule has 172 valence electrons. The second-order valence-electron chi connectivity index (χ2n) is 7.10. The summed E-state index contributed by atoms with van der Waals surface area (Å²) in [6, 6.07) is 4.13. The monoisotopic (exact) mass is 480 g/mol. The van der Waals surface area contributed by atoms with E-state index in [1.54, 1.807) is 22.6 Å². The number of amides is 1. The zero-order chi connectivity index (χ0) is 23.1. The maximum atomic E-state index is 14.0. The highest BCUT2D eigenvalue weighted by Gasteiger charge is 2.17. The van der Waals surface area contributed by atoms with Crippen LogP contribution in [0.2, 0.25) is 5.02 Å². The summed E-state index contributed by atoms with van der Waals surface area (Å²) >= 11 is 7.52. The molecule has 3 aromatic rings. The van der Waals surface area contributed by atoms with Crippen molar-refractivity contribution in [2.75, 3.05) is 31.6 Å². The van der Waals surface area contributed by atoms with Gasteiger partial charge in [-0.25, -0.2) is 19.0 Å². The van der Waals surface area contributed by atoms with Gasteiger partial charge in [0.05, 0.1) is 35.3 Å². The van der Waals surface area contributed by atoms with Crippen LogP contribution in [-0.2, 0) is 11.3 Å². The van der Waals surface area contributed by atoms with E-state index in [4.69, 9.17) is 16.3 Å². The highest BCUT2D eigenvalue weighted by Crippen LogP contribution is 2.26. The normalized spacial score (nSPS) is 11.3. The number of fused-ring (bicyclic) bond motifs is 1. The molecule has 0 aliphatic carbocycles. The summed E-state index contributed by atoms with van der Waals surface area (Å²) in [4.78, 5) is 21.6. The molecule has 2 aromatic heterocycles. The fraction of sp³-hybridized carbons (Fsp3) is 0.429. The number of nitrogens with zero attached hydrogens (tertiary/aromatic N) is 4. The number of anilines is 1. The first-order chi connectivity index (χ1) is 15.4. The second-order valence-corrected chi connectivity index (χ2v) is 9.05. The van der Waals surface area contributed by atoms with Crippen molar-refractivity contribution in [3.63, 3.8) is 0 Å². The van der Waals surface area contributed by atoms with Gasteiger partial charge in [0.1, 0.15) is 11.6 Å². The third kappa shape index (κ3) is 6.08. The van der Waals surface area contributed by atoms with Crippen molar-refractivity contribution in [1.29, 1.82) is 0 Å². The van der Waals surface area contributed by atoms with E-state index in [0.717, 1.165) is 5.39 Å². The Hall–Kier alpha value is -2.43. The Labute approximate surface area is 195 Å². The van der Waals surface area contributed by atoms with Crippen molar-refractivity contribution in [2.24, 2.45) is 0 Å². The molecule has 0 saturated carbocycles. The third-order valence-electron chi connectivity index (χ3n) is 4.36. The van der Waals surface area contributed by atoms with Crippen molar-refractivity contribution in [3.8, 4) is 0 Å². The number of hydrogen-bond donors (Lipinski definition) is 2. The van der Waals surface area contributed by atoms with E-state index < -0.39 is 11.7 Å². The molecule has 32 heavy (non-hydrogen) atoms. The molecule has 0 aliphatic rings. The van der Waals surface area contributed by atoms with Crippen LogP contribution < -0.4 is 10.6 Å². The predicted molar refractivity (Wildman–Crippen MR) is 125 cm³/mol. The molecule has 0 unspecified atom stereocenters. The van der Waals surface area contributed by atoms with Crippen LogP contribution in [0.5, 0.6) is 0 Å². The van der Waals surface area contributed by atoms with Gasteiger partial charge in [-0.1, -0.05) is 43.3 Å². The molecule has 0 aliphatic heterocycles. The summed E-state index contributed by atoms with van der Waals surface area (Å²) in [6.45, 7) is 8.48. The third-order valence-corrected chi connectivity index (χ3v) is 5.54. The highest BCUT2D eigenvalue weighted by atomic mass is 35.5. The van der Waals surface area contributed by atoms with Crippen molar-refractivity contribution in [2.45, 2.75) is 37.7 Å². The number of rotatable bonds is 11. The van der Waals surface area contributed by atoms with Crippen molar-refractivity contribution >= 4 is 46.1 Å². The number of halogens is 2. The summed E-state index contributed by atoms with van der Waals surface area (Å²) in [5.74, 6) is -0.551. The topological polar surface area (TPSA) is 94.0 Å². The molecule has 0 atom stereocenters. The van der Waals surface area contributed by atoms with Crippen molar-refractivity contribution < 1.29 is 13.9 Å². The number of nitrogens with one attached hydrogen (secondary N) is 2. The molecular formula is C21H26ClFN6O2S. The Morgan fingerprint density at radius 3 is 2.84 bits per heavy atom. The Bertz CT molecular complexity index is 1060. The van der Waals surface area contributed by atoms with Gasteiger partial charge < -0.3 is 15.4 Å². The first-order valence-corrected chi connectivity index (χ1v) is 11.6. The predicted octanol–water partition coefficient (Wildman–Crippen LogP) is 4.00. The largest absolute Gasteiger partial charge is 0.380 e. The summed E-state index contributed by atoms with van der Waals surface area (Å²) < 4.78 is 21.0. The van der Waals surface area contributed by atoms with Crippen molar-refractivity contribution in [3.05, 3.63) is 40.8 Å². The summed E-state index contributed by atoms with van der Waals surface area (Å²) in [5.41, 5.74) is 0.485. The average Bonchev–Trinajstić information content (AvgIpc) is 3.13. The maximum Gasteiger partial charge on any atom is 0.255 e. The standard InChI is InChI=1S/C21H26ClFN6O2S/c1-4-31-11-9-24-18-14-12-26-29(19(14)28-21(27-18)32-13(2)3)10-8-25-20(30)17-15(22)6-5-7-16(17)23/h5-7,12-13H,4,8-11H2,1-3H3,(H,25,30)(H,24,27,28). The fourth-order valence-corrected chi connectivity index (χ4v) is 3.92. The lowest BCUT2D eigenvalue weighted by atomic mass is 10.2. The molecule has 11 heteroatoms. The number of hydrogen-bond acceptors (Lipinski definition) is 7. The first-order valence-electron chi connectivity index (χ1n) is 10.3. The van der Waals surface area contributed by atoms with Crippen LogP contribution in [0, 0.1) is 5.82 Å². The minimum absolute atomic E-state index is 0.0675. The van der Waals surface area contributed by atoms with Crippen LogP contribution in [0.15, 0.2) is 29.6 Å². The van der Waals surface area contributed by atoms with Gasteiger partial charge in [-0.2, -0.15) is 5.10 Å². The molecule has 0 saturated heterocycles. The number of benzene rings is 1. The van der Waals surface area contributed by atoms with Crippen LogP contribution in [0.1, 0.15) is 31.1 Å². The summed E-state index contributed by atoms with van der Waals surface area (Å²) in [5, 5.41) is 12.2. The molecular weight excluding hydrogens is 455 g/mol. The van der Waals surface area contributed by atoms with Gasteiger partial charge in [-0.05, 0) is 19.1 Å². The van der Waals surface area contributed by atoms with Gasteiger partial charge in [0, 0.05) is 24.9 Å². The number of aromatic nitrogens is 4. The SMILES string of the molecule is CCOCCNc1nc(SC(C)C)nc2c1cnn2CCNC(=O)c1c(F)cccc1Cl. The summed E-state index contributed by atoms with van der Waals surface area (Å²) in [6.07, 6.45) is 1.69. The average molecular weight is 481 g/mol. The lowest BCUT2D eigenvalue weighted by Gasteiger charge is -2.11. The van der Waals surface area contributed by atoms with E-state index in [1.165, 1.54) is 18.2 Å². The fourth-order valence-electron chi connectivity index (χ4n) is 2.96. The number of ether oxygens (including phenoxy) is 1. The Morgan fingerprint density at radius 1 is 1.31 bits per heavy atom. The van der Waals surface area contributed by atoms with Gasteiger partial charge >= 0.3 is 0 Å². The van der Waals surface area contributed by atoms with Crippen LogP contribution in [0.25, 0.3) is 11.0 Å². The van der Waals surface area contributed by atoms with Crippen LogP contribution in [0.4, 0.5) is 10.2 Å². The Balaban J connectivity index is 1.75. The maximum absolute atomic E-state index is 14.0. The molecule has 8 nitrogen and oxygen atoms in total. The van der Waals surface area contributed by atoms with E-state index in [1.807, 2.05) is 6.92 Å². The Kier molecular flexibility index (Phi) is 8.66. The quantitative estimate of drug-likeness (QED) is 0.243. The highest BCUT2D eigenvalue weighted by molar-refractivity contribution is 7.99. The van der Waals surface area contributed by atoms with E-state index in [0.29, 0.717) is 48.2 Å². The first kappa shape index (κ1) is 24.2. The molecule has 0 spiro atoms. The zero-order valence-corrected chi connectivity index (χ0v) is 19.8. The molecule has 1 amide bonds. The summed E-state index contributed by atoms with van der Waals surface area (Å²) in [7, 11) is 0. The van der Waals surface area contributed by atoms with Gasteiger partial charge in [0.25, 0.3) is 5.91 Å². The van der Waals surface area contributed by atoms with Gasteiger partial charge in [0.15, 0.2) is 10.8 Å². The molecule has 1 aromatic carbocycles. The molecule has 0 bridgehead atoms. The van der Waals surface area contributed by atoms with Crippen LogP contribution >= 0.6 is 23.4 Å². The molecule has 2 N–H and O–H groups in total. The smallest absolute Gasteiger partial charge is 0.255 e.